The lowest BCUT2D eigenvalue weighted by atomic mass is 10.1. The van der Waals surface area contributed by atoms with Gasteiger partial charge in [0.1, 0.15) is 5.15 Å². The first-order valence-corrected chi connectivity index (χ1v) is 7.06. The van der Waals surface area contributed by atoms with Gasteiger partial charge in [-0.15, -0.1) is 6.58 Å². The van der Waals surface area contributed by atoms with Gasteiger partial charge in [0.15, 0.2) is 0 Å². The summed E-state index contributed by atoms with van der Waals surface area (Å²) in [5, 5.41) is 0.379. The van der Waals surface area contributed by atoms with Gasteiger partial charge in [-0.3, -0.25) is 4.79 Å². The van der Waals surface area contributed by atoms with E-state index in [1.54, 1.807) is 17.0 Å². The first-order chi connectivity index (χ1) is 9.12. The largest absolute Gasteiger partial charge is 0.335 e. The molecular weight excluding hydrogens is 260 g/mol. The highest BCUT2D eigenvalue weighted by Gasteiger charge is 2.15. The second-order valence-electron chi connectivity index (χ2n) is 4.46. The molecule has 19 heavy (non-hydrogen) atoms. The van der Waals surface area contributed by atoms with E-state index >= 15 is 0 Å². The van der Waals surface area contributed by atoms with Crippen molar-refractivity contribution in [1.29, 1.82) is 0 Å². The zero-order chi connectivity index (χ0) is 14.3. The smallest absolute Gasteiger partial charge is 0.254 e. The van der Waals surface area contributed by atoms with E-state index in [0.717, 1.165) is 25.0 Å². The second kappa shape index (κ2) is 7.95. The number of carbonyl (C=O) groups excluding carboxylic acids is 1. The molecule has 0 spiro atoms. The average molecular weight is 281 g/mol. The van der Waals surface area contributed by atoms with E-state index in [1.807, 2.05) is 13.0 Å². The van der Waals surface area contributed by atoms with Crippen LogP contribution >= 0.6 is 11.6 Å². The number of amides is 1. The Bertz CT molecular complexity index is 446. The molecule has 1 heterocycles. The van der Waals surface area contributed by atoms with E-state index in [0.29, 0.717) is 23.8 Å². The molecule has 1 aromatic heterocycles. The van der Waals surface area contributed by atoms with Crippen LogP contribution in [0.1, 0.15) is 42.7 Å². The molecule has 0 aliphatic carbocycles. The summed E-state index contributed by atoms with van der Waals surface area (Å²) in [6.07, 6.45) is 4.46. The van der Waals surface area contributed by atoms with Crippen molar-refractivity contribution in [1.82, 2.24) is 9.88 Å². The Labute approximate surface area is 120 Å². The maximum absolute atomic E-state index is 12.4. The van der Waals surface area contributed by atoms with Crippen LogP contribution < -0.4 is 0 Å². The minimum Gasteiger partial charge on any atom is -0.335 e. The van der Waals surface area contributed by atoms with Crippen molar-refractivity contribution in [2.45, 2.75) is 33.1 Å². The molecule has 1 amide bonds. The van der Waals surface area contributed by atoms with Crippen LogP contribution in [0.3, 0.4) is 0 Å². The molecule has 0 fully saturated rings. The Morgan fingerprint density at radius 1 is 1.42 bits per heavy atom. The van der Waals surface area contributed by atoms with Gasteiger partial charge in [-0.2, -0.15) is 0 Å². The lowest BCUT2D eigenvalue weighted by Crippen LogP contribution is -2.32. The predicted molar refractivity (Wildman–Crippen MR) is 79.6 cm³/mol. The zero-order valence-corrected chi connectivity index (χ0v) is 12.4. The summed E-state index contributed by atoms with van der Waals surface area (Å²) in [5.41, 5.74) is 1.48. The average Bonchev–Trinajstić information content (AvgIpc) is 2.37. The van der Waals surface area contributed by atoms with Crippen LogP contribution in [0.4, 0.5) is 0 Å². The van der Waals surface area contributed by atoms with Crippen molar-refractivity contribution in [3.05, 3.63) is 41.2 Å². The van der Waals surface area contributed by atoms with Gasteiger partial charge in [-0.25, -0.2) is 4.98 Å². The molecule has 104 valence electrons. The molecule has 0 saturated heterocycles. The van der Waals surface area contributed by atoms with E-state index in [1.165, 1.54) is 0 Å². The molecule has 0 unspecified atom stereocenters. The van der Waals surface area contributed by atoms with Crippen molar-refractivity contribution >= 4 is 17.5 Å². The van der Waals surface area contributed by atoms with Gasteiger partial charge in [0.2, 0.25) is 0 Å². The van der Waals surface area contributed by atoms with Gasteiger partial charge >= 0.3 is 0 Å². The molecule has 4 heteroatoms. The maximum atomic E-state index is 12.4. The van der Waals surface area contributed by atoms with E-state index in [2.05, 4.69) is 18.5 Å². The minimum absolute atomic E-state index is 0.0107. The summed E-state index contributed by atoms with van der Waals surface area (Å²) in [4.78, 5) is 18.4. The monoisotopic (exact) mass is 280 g/mol. The lowest BCUT2D eigenvalue weighted by Gasteiger charge is -2.20. The van der Waals surface area contributed by atoms with Crippen LogP contribution in [-0.2, 0) is 6.42 Å². The Balaban J connectivity index is 2.98. The van der Waals surface area contributed by atoms with Crippen LogP contribution in [0.2, 0.25) is 5.15 Å². The summed E-state index contributed by atoms with van der Waals surface area (Å²) in [5.74, 6) is -0.0107. The Morgan fingerprint density at radius 3 is 2.74 bits per heavy atom. The summed E-state index contributed by atoms with van der Waals surface area (Å²) < 4.78 is 0. The molecule has 0 saturated carbocycles. The molecule has 0 atom stereocenters. The molecule has 3 nitrogen and oxygen atoms in total. The number of nitrogens with zero attached hydrogens (tertiary/aromatic N) is 2. The molecule has 0 radical (unpaired) electrons. The number of pyridine rings is 1. The van der Waals surface area contributed by atoms with E-state index in [4.69, 9.17) is 11.6 Å². The van der Waals surface area contributed by atoms with Gasteiger partial charge in [0.25, 0.3) is 5.91 Å². The Hall–Kier alpha value is -1.35. The summed E-state index contributed by atoms with van der Waals surface area (Å²) in [7, 11) is 0. The topological polar surface area (TPSA) is 33.2 Å². The number of hydrogen-bond acceptors (Lipinski definition) is 2. The SMILES string of the molecule is C=CCN(CCC)C(=O)c1cc(Cl)nc(CCC)c1. The first kappa shape index (κ1) is 15.7. The van der Waals surface area contributed by atoms with Crippen molar-refractivity contribution in [2.75, 3.05) is 13.1 Å². The number of halogens is 1. The van der Waals surface area contributed by atoms with Gasteiger partial charge in [-0.1, -0.05) is 37.9 Å². The van der Waals surface area contributed by atoms with Gasteiger partial charge in [0, 0.05) is 24.3 Å². The molecule has 1 rings (SSSR count). The molecule has 0 aromatic carbocycles. The van der Waals surface area contributed by atoms with E-state index in [-0.39, 0.29) is 5.91 Å². The third-order valence-corrected chi connectivity index (χ3v) is 2.92. The molecule has 0 N–H and O–H groups in total. The normalized spacial score (nSPS) is 10.3. The second-order valence-corrected chi connectivity index (χ2v) is 4.85. The number of rotatable bonds is 7. The first-order valence-electron chi connectivity index (χ1n) is 6.69. The highest BCUT2D eigenvalue weighted by Crippen LogP contribution is 2.14. The number of aromatic nitrogens is 1. The number of carbonyl (C=O) groups is 1. The fraction of sp³-hybridized carbons (Fsp3) is 0.467. The molecule has 0 bridgehead atoms. The van der Waals surface area contributed by atoms with Crippen LogP contribution in [0.15, 0.2) is 24.8 Å². The van der Waals surface area contributed by atoms with Crippen LogP contribution in [-0.4, -0.2) is 28.9 Å². The third kappa shape index (κ3) is 4.67. The highest BCUT2D eigenvalue weighted by molar-refractivity contribution is 6.29. The Morgan fingerprint density at radius 2 is 2.16 bits per heavy atom. The van der Waals surface area contributed by atoms with Gasteiger partial charge in [-0.05, 0) is 25.0 Å². The summed E-state index contributed by atoms with van der Waals surface area (Å²) >= 11 is 5.99. The van der Waals surface area contributed by atoms with Crippen molar-refractivity contribution in [3.8, 4) is 0 Å². The van der Waals surface area contributed by atoms with Crippen LogP contribution in [0, 0.1) is 0 Å². The molecular formula is C15H21ClN2O. The number of hydrogen-bond donors (Lipinski definition) is 0. The minimum atomic E-state index is -0.0107. The summed E-state index contributed by atoms with van der Waals surface area (Å²) in [6.45, 7) is 9.08. The van der Waals surface area contributed by atoms with Crippen molar-refractivity contribution in [3.63, 3.8) is 0 Å². The number of aryl methyl sites for hydroxylation is 1. The molecule has 1 aromatic rings. The van der Waals surface area contributed by atoms with Crippen molar-refractivity contribution in [2.24, 2.45) is 0 Å². The fourth-order valence-electron chi connectivity index (χ4n) is 1.94. The third-order valence-electron chi connectivity index (χ3n) is 2.73. The molecule has 0 aliphatic rings. The molecule has 0 aliphatic heterocycles. The van der Waals surface area contributed by atoms with E-state index in [9.17, 15) is 4.79 Å². The van der Waals surface area contributed by atoms with Gasteiger partial charge in [0.05, 0.1) is 0 Å². The lowest BCUT2D eigenvalue weighted by molar-refractivity contribution is 0.0773. The quantitative estimate of drug-likeness (QED) is 0.563. The van der Waals surface area contributed by atoms with E-state index < -0.39 is 0 Å². The maximum Gasteiger partial charge on any atom is 0.254 e. The Kier molecular flexibility index (Phi) is 6.57. The van der Waals surface area contributed by atoms with Crippen LogP contribution in [0.5, 0.6) is 0 Å². The zero-order valence-electron chi connectivity index (χ0n) is 11.7. The standard InChI is InChI=1S/C15H21ClN2O/c1-4-7-13-10-12(11-14(16)17-13)15(19)18(8-5-2)9-6-3/h5,10-11H,2,4,6-9H2,1,3H3. The highest BCUT2D eigenvalue weighted by atomic mass is 35.5. The van der Waals surface area contributed by atoms with Crippen molar-refractivity contribution < 1.29 is 4.79 Å². The fourth-order valence-corrected chi connectivity index (χ4v) is 2.17. The van der Waals surface area contributed by atoms with Crippen LogP contribution in [0.25, 0.3) is 0 Å². The summed E-state index contributed by atoms with van der Waals surface area (Å²) in [6, 6.07) is 3.47. The predicted octanol–water partition coefficient (Wildman–Crippen LogP) is 3.73. The van der Waals surface area contributed by atoms with Gasteiger partial charge < -0.3 is 4.90 Å².